The van der Waals surface area contributed by atoms with Crippen molar-refractivity contribution in [2.45, 2.75) is 63.5 Å². The number of nitrogens with two attached hydrogens (primary N) is 1. The SMILES string of the molecule is CCC(C)(C(NN)C1CCc2cccnc21)N1CCCC1. The van der Waals surface area contributed by atoms with Crippen LogP contribution in [0.25, 0.3) is 0 Å². The van der Waals surface area contributed by atoms with Crippen molar-refractivity contribution in [1.29, 1.82) is 0 Å². The average molecular weight is 288 g/mol. The number of aromatic nitrogens is 1. The average Bonchev–Trinajstić information content (AvgIpc) is 3.18. The molecule has 0 amide bonds. The van der Waals surface area contributed by atoms with Gasteiger partial charge in [0.15, 0.2) is 0 Å². The summed E-state index contributed by atoms with van der Waals surface area (Å²) < 4.78 is 0. The Morgan fingerprint density at radius 2 is 2.24 bits per heavy atom. The number of pyridine rings is 1. The van der Waals surface area contributed by atoms with Gasteiger partial charge in [-0.2, -0.15) is 0 Å². The number of hydrogen-bond donors (Lipinski definition) is 2. The molecule has 2 aliphatic rings. The number of fused-ring (bicyclic) bond motifs is 1. The van der Waals surface area contributed by atoms with E-state index in [1.807, 2.05) is 12.3 Å². The molecule has 116 valence electrons. The third kappa shape index (κ3) is 2.50. The van der Waals surface area contributed by atoms with Crippen LogP contribution in [0, 0.1) is 0 Å². The predicted molar refractivity (Wildman–Crippen MR) is 85.9 cm³/mol. The minimum atomic E-state index is 0.106. The van der Waals surface area contributed by atoms with Crippen molar-refractivity contribution in [2.75, 3.05) is 13.1 Å². The third-order valence-electron chi connectivity index (χ3n) is 5.80. The van der Waals surface area contributed by atoms with Gasteiger partial charge in [-0.25, -0.2) is 0 Å². The second-order valence-corrected chi connectivity index (χ2v) is 6.74. The number of nitrogens with one attached hydrogen (secondary N) is 1. The monoisotopic (exact) mass is 288 g/mol. The zero-order valence-corrected chi connectivity index (χ0v) is 13.3. The molecule has 4 nitrogen and oxygen atoms in total. The van der Waals surface area contributed by atoms with Crippen LogP contribution in [0.1, 0.15) is 56.7 Å². The molecular formula is C17H28N4. The molecule has 0 radical (unpaired) electrons. The number of aryl methyl sites for hydroxylation is 1. The van der Waals surface area contributed by atoms with E-state index in [1.54, 1.807) is 0 Å². The maximum Gasteiger partial charge on any atom is 0.0483 e. The molecule has 4 heteroatoms. The Morgan fingerprint density at radius 3 is 2.90 bits per heavy atom. The summed E-state index contributed by atoms with van der Waals surface area (Å²) in [7, 11) is 0. The van der Waals surface area contributed by atoms with E-state index in [0.717, 1.165) is 19.3 Å². The molecule has 1 aromatic rings. The highest BCUT2D eigenvalue weighted by atomic mass is 15.3. The maximum atomic E-state index is 6.03. The van der Waals surface area contributed by atoms with Crippen molar-refractivity contribution in [3.05, 3.63) is 29.6 Å². The lowest BCUT2D eigenvalue weighted by molar-refractivity contribution is 0.0713. The van der Waals surface area contributed by atoms with Crippen molar-refractivity contribution >= 4 is 0 Å². The van der Waals surface area contributed by atoms with Crippen molar-refractivity contribution < 1.29 is 0 Å². The molecule has 0 bridgehead atoms. The van der Waals surface area contributed by atoms with E-state index in [9.17, 15) is 0 Å². The predicted octanol–water partition coefficient (Wildman–Crippen LogP) is 2.21. The van der Waals surface area contributed by atoms with Gasteiger partial charge in [-0.05, 0) is 63.7 Å². The van der Waals surface area contributed by atoms with Crippen LogP contribution in [0.15, 0.2) is 18.3 Å². The van der Waals surface area contributed by atoms with Crippen molar-refractivity contribution in [1.82, 2.24) is 15.3 Å². The van der Waals surface area contributed by atoms with Crippen LogP contribution in [0.3, 0.4) is 0 Å². The summed E-state index contributed by atoms with van der Waals surface area (Å²) in [5, 5.41) is 0. The van der Waals surface area contributed by atoms with Gasteiger partial charge in [-0.15, -0.1) is 0 Å². The fraction of sp³-hybridized carbons (Fsp3) is 0.706. The van der Waals surface area contributed by atoms with Gasteiger partial charge in [0, 0.05) is 29.4 Å². The fourth-order valence-corrected chi connectivity index (χ4v) is 4.37. The summed E-state index contributed by atoms with van der Waals surface area (Å²) in [4.78, 5) is 7.31. The Bertz CT molecular complexity index is 483. The summed E-state index contributed by atoms with van der Waals surface area (Å²) in [6.07, 6.45) is 7.94. The summed E-state index contributed by atoms with van der Waals surface area (Å²) in [5.41, 5.74) is 5.95. The van der Waals surface area contributed by atoms with Crippen LogP contribution in [0.5, 0.6) is 0 Å². The van der Waals surface area contributed by atoms with Gasteiger partial charge < -0.3 is 0 Å². The lowest BCUT2D eigenvalue weighted by Gasteiger charge is -2.46. The first-order valence-corrected chi connectivity index (χ1v) is 8.35. The molecule has 1 aliphatic carbocycles. The Labute approximate surface area is 128 Å². The first-order chi connectivity index (χ1) is 10.2. The molecule has 2 heterocycles. The highest BCUT2D eigenvalue weighted by Gasteiger charge is 2.45. The van der Waals surface area contributed by atoms with Crippen LogP contribution >= 0.6 is 0 Å². The third-order valence-corrected chi connectivity index (χ3v) is 5.80. The molecule has 3 rings (SSSR count). The summed E-state index contributed by atoms with van der Waals surface area (Å²) in [6.45, 7) is 7.06. The Balaban J connectivity index is 1.90. The Morgan fingerprint density at radius 1 is 1.48 bits per heavy atom. The summed E-state index contributed by atoms with van der Waals surface area (Å²) in [5.74, 6) is 6.46. The van der Waals surface area contributed by atoms with E-state index in [0.29, 0.717) is 5.92 Å². The highest BCUT2D eigenvalue weighted by Crippen LogP contribution is 2.40. The molecule has 3 unspecified atom stereocenters. The van der Waals surface area contributed by atoms with Crippen LogP contribution in [0.4, 0.5) is 0 Å². The fourth-order valence-electron chi connectivity index (χ4n) is 4.37. The van der Waals surface area contributed by atoms with Gasteiger partial charge >= 0.3 is 0 Å². The first kappa shape index (κ1) is 14.9. The maximum absolute atomic E-state index is 6.03. The van der Waals surface area contributed by atoms with Crippen LogP contribution in [-0.2, 0) is 6.42 Å². The lowest BCUT2D eigenvalue weighted by atomic mass is 9.79. The Kier molecular flexibility index (Phi) is 4.29. The van der Waals surface area contributed by atoms with Gasteiger partial charge in [0.2, 0.25) is 0 Å². The molecule has 0 spiro atoms. The topological polar surface area (TPSA) is 54.2 Å². The molecule has 1 fully saturated rings. The zero-order valence-electron chi connectivity index (χ0n) is 13.3. The van der Waals surface area contributed by atoms with E-state index in [2.05, 4.69) is 35.2 Å². The van der Waals surface area contributed by atoms with Gasteiger partial charge in [0.05, 0.1) is 0 Å². The van der Waals surface area contributed by atoms with E-state index >= 15 is 0 Å². The van der Waals surface area contributed by atoms with Crippen molar-refractivity contribution in [2.24, 2.45) is 5.84 Å². The largest absolute Gasteiger partial charge is 0.296 e. The molecular weight excluding hydrogens is 260 g/mol. The van der Waals surface area contributed by atoms with Gasteiger partial charge in [-0.1, -0.05) is 13.0 Å². The first-order valence-electron chi connectivity index (χ1n) is 8.35. The molecule has 1 saturated heterocycles. The lowest BCUT2D eigenvalue weighted by Crippen LogP contribution is -2.62. The minimum absolute atomic E-state index is 0.106. The Hall–Kier alpha value is -0.970. The number of nitrogens with zero attached hydrogens (tertiary/aromatic N) is 2. The molecule has 1 aliphatic heterocycles. The number of hydrogen-bond acceptors (Lipinski definition) is 4. The van der Waals surface area contributed by atoms with Crippen LogP contribution in [0.2, 0.25) is 0 Å². The number of likely N-dealkylation sites (tertiary alicyclic amines) is 1. The van der Waals surface area contributed by atoms with Crippen LogP contribution < -0.4 is 11.3 Å². The summed E-state index contributed by atoms with van der Waals surface area (Å²) >= 11 is 0. The van der Waals surface area contributed by atoms with Gasteiger partial charge in [0.1, 0.15) is 0 Å². The molecule has 3 atom stereocenters. The van der Waals surface area contributed by atoms with E-state index in [4.69, 9.17) is 5.84 Å². The minimum Gasteiger partial charge on any atom is -0.296 e. The smallest absolute Gasteiger partial charge is 0.0483 e. The molecule has 21 heavy (non-hydrogen) atoms. The van der Waals surface area contributed by atoms with Crippen molar-refractivity contribution in [3.63, 3.8) is 0 Å². The van der Waals surface area contributed by atoms with Crippen LogP contribution in [-0.4, -0.2) is 34.6 Å². The second-order valence-electron chi connectivity index (χ2n) is 6.74. The number of rotatable bonds is 5. The molecule has 0 aromatic carbocycles. The van der Waals surface area contributed by atoms with E-state index in [-0.39, 0.29) is 11.6 Å². The zero-order chi connectivity index (χ0) is 14.9. The molecule has 1 aromatic heterocycles. The molecule has 3 N–H and O–H groups in total. The number of hydrazine groups is 1. The highest BCUT2D eigenvalue weighted by molar-refractivity contribution is 5.31. The van der Waals surface area contributed by atoms with Crippen molar-refractivity contribution in [3.8, 4) is 0 Å². The quantitative estimate of drug-likeness (QED) is 0.644. The summed E-state index contributed by atoms with van der Waals surface area (Å²) in [6, 6.07) is 4.53. The standard InChI is InChI=1S/C17H28N4/c1-3-17(2,21-11-4-5-12-21)16(20-18)14-9-8-13-7-6-10-19-15(13)14/h6-7,10,14,16,20H,3-5,8-9,11-12,18H2,1-2H3. The normalized spacial score (nSPS) is 26.5. The molecule has 0 saturated carbocycles. The van der Waals surface area contributed by atoms with E-state index in [1.165, 1.54) is 37.2 Å². The van der Waals surface area contributed by atoms with Gasteiger partial charge in [-0.3, -0.25) is 21.2 Å². The second kappa shape index (κ2) is 6.03. The van der Waals surface area contributed by atoms with E-state index < -0.39 is 0 Å². The van der Waals surface area contributed by atoms with Gasteiger partial charge in [0.25, 0.3) is 0 Å².